The van der Waals surface area contributed by atoms with Crippen LogP contribution in [0, 0.1) is 0 Å². The first kappa shape index (κ1) is 15.0. The van der Waals surface area contributed by atoms with E-state index in [1.165, 1.54) is 0 Å². The summed E-state index contributed by atoms with van der Waals surface area (Å²) in [4.78, 5) is 4.26. The van der Waals surface area contributed by atoms with Crippen LogP contribution in [0.25, 0.3) is 0 Å². The highest BCUT2D eigenvalue weighted by Crippen LogP contribution is 2.19. The molecule has 4 nitrogen and oxygen atoms in total. The molecule has 2 aromatic rings. The third-order valence-corrected chi connectivity index (χ3v) is 2.69. The predicted molar refractivity (Wildman–Crippen MR) is 73.0 cm³/mol. The Kier molecular flexibility index (Phi) is 4.73. The van der Waals surface area contributed by atoms with Crippen molar-refractivity contribution >= 4 is 24.0 Å². The van der Waals surface area contributed by atoms with E-state index in [9.17, 15) is 0 Å². The number of nitrogens with zero attached hydrogens (tertiary/aromatic N) is 2. The van der Waals surface area contributed by atoms with Gasteiger partial charge in [0.15, 0.2) is 5.82 Å². The molecule has 0 aliphatic rings. The molecule has 98 valence electrons. The van der Waals surface area contributed by atoms with E-state index >= 15 is 0 Å². The van der Waals surface area contributed by atoms with Crippen LogP contribution in [0.2, 0.25) is 5.02 Å². The smallest absolute Gasteiger partial charge is 0.246 e. The first-order chi connectivity index (χ1) is 7.97. The molecule has 0 saturated heterocycles. The van der Waals surface area contributed by atoms with Gasteiger partial charge in [-0.1, -0.05) is 35.0 Å². The molecule has 1 heterocycles. The molecule has 18 heavy (non-hydrogen) atoms. The summed E-state index contributed by atoms with van der Waals surface area (Å²) in [5, 5.41) is 4.59. The van der Waals surface area contributed by atoms with Gasteiger partial charge >= 0.3 is 0 Å². The van der Waals surface area contributed by atoms with Gasteiger partial charge in [-0.2, -0.15) is 4.98 Å². The number of halogens is 2. The third kappa shape index (κ3) is 3.45. The Labute approximate surface area is 117 Å². The quantitative estimate of drug-likeness (QED) is 0.943. The van der Waals surface area contributed by atoms with Gasteiger partial charge in [0.2, 0.25) is 5.89 Å². The molecule has 1 aromatic heterocycles. The lowest BCUT2D eigenvalue weighted by atomic mass is 10.1. The number of rotatable bonds is 3. The standard InChI is InChI=1S/C12H14ClN3O.ClH/c1-12(2,14)11-15-10(16-17-11)7-8-5-3-4-6-9(8)13;/h3-6H,7,14H2,1-2H3;1H. The first-order valence-electron chi connectivity index (χ1n) is 5.32. The SMILES string of the molecule is CC(C)(N)c1nc(Cc2ccccc2Cl)no1.Cl. The Morgan fingerprint density at radius 1 is 1.33 bits per heavy atom. The fourth-order valence-electron chi connectivity index (χ4n) is 1.40. The van der Waals surface area contributed by atoms with Crippen molar-refractivity contribution in [1.82, 2.24) is 10.1 Å². The molecule has 0 radical (unpaired) electrons. The van der Waals surface area contributed by atoms with E-state index in [1.807, 2.05) is 38.1 Å². The van der Waals surface area contributed by atoms with Crippen LogP contribution in [0.1, 0.15) is 31.1 Å². The van der Waals surface area contributed by atoms with Gasteiger partial charge in [0.05, 0.1) is 5.54 Å². The van der Waals surface area contributed by atoms with Crippen molar-refractivity contribution in [3.05, 3.63) is 46.6 Å². The molecule has 0 fully saturated rings. The minimum atomic E-state index is -0.619. The summed E-state index contributed by atoms with van der Waals surface area (Å²) in [6.07, 6.45) is 0.541. The molecule has 6 heteroatoms. The third-order valence-electron chi connectivity index (χ3n) is 2.33. The Bertz CT molecular complexity index is 520. The van der Waals surface area contributed by atoms with Gasteiger partial charge in [0, 0.05) is 11.4 Å². The van der Waals surface area contributed by atoms with Crippen molar-refractivity contribution in [3.8, 4) is 0 Å². The average Bonchev–Trinajstić information content (AvgIpc) is 2.69. The monoisotopic (exact) mass is 287 g/mol. The van der Waals surface area contributed by atoms with Gasteiger partial charge in [-0.15, -0.1) is 12.4 Å². The van der Waals surface area contributed by atoms with Crippen molar-refractivity contribution in [1.29, 1.82) is 0 Å². The fourth-order valence-corrected chi connectivity index (χ4v) is 1.60. The topological polar surface area (TPSA) is 64.9 Å². The summed E-state index contributed by atoms with van der Waals surface area (Å²) in [5.74, 6) is 1.02. The lowest BCUT2D eigenvalue weighted by molar-refractivity contribution is 0.310. The molecule has 0 saturated carbocycles. The van der Waals surface area contributed by atoms with Crippen molar-refractivity contribution in [2.45, 2.75) is 25.8 Å². The molecule has 0 bridgehead atoms. The number of aromatic nitrogens is 2. The summed E-state index contributed by atoms with van der Waals surface area (Å²) in [5.41, 5.74) is 6.22. The summed E-state index contributed by atoms with van der Waals surface area (Å²) < 4.78 is 5.11. The Hall–Kier alpha value is -1.10. The highest BCUT2D eigenvalue weighted by molar-refractivity contribution is 6.31. The average molecular weight is 288 g/mol. The van der Waals surface area contributed by atoms with Crippen molar-refractivity contribution in [3.63, 3.8) is 0 Å². The second-order valence-electron chi connectivity index (χ2n) is 4.51. The first-order valence-corrected chi connectivity index (χ1v) is 5.70. The van der Waals surface area contributed by atoms with Crippen LogP contribution in [0.15, 0.2) is 28.8 Å². The van der Waals surface area contributed by atoms with Gasteiger partial charge in [-0.3, -0.25) is 0 Å². The molecule has 0 spiro atoms. The zero-order valence-corrected chi connectivity index (χ0v) is 11.8. The largest absolute Gasteiger partial charge is 0.337 e. The van der Waals surface area contributed by atoms with Crippen LogP contribution in [-0.2, 0) is 12.0 Å². The van der Waals surface area contributed by atoms with Crippen molar-refractivity contribution < 1.29 is 4.52 Å². The maximum Gasteiger partial charge on any atom is 0.246 e. The lowest BCUT2D eigenvalue weighted by Gasteiger charge is -2.10. The summed E-state index contributed by atoms with van der Waals surface area (Å²) in [6, 6.07) is 7.59. The highest BCUT2D eigenvalue weighted by atomic mass is 35.5. The molecule has 0 aliphatic carbocycles. The van der Waals surface area contributed by atoms with Crippen LogP contribution in [0.3, 0.4) is 0 Å². The highest BCUT2D eigenvalue weighted by Gasteiger charge is 2.22. The summed E-state index contributed by atoms with van der Waals surface area (Å²) in [6.45, 7) is 3.64. The maximum atomic E-state index is 6.06. The van der Waals surface area contributed by atoms with Crippen molar-refractivity contribution in [2.75, 3.05) is 0 Å². The molecule has 2 rings (SSSR count). The summed E-state index contributed by atoms with van der Waals surface area (Å²) >= 11 is 6.06. The number of hydrogen-bond donors (Lipinski definition) is 1. The normalized spacial score (nSPS) is 11.1. The molecular formula is C12H15Cl2N3O. The number of hydrogen-bond acceptors (Lipinski definition) is 4. The molecule has 0 amide bonds. The van der Waals surface area contributed by atoms with Gasteiger partial charge < -0.3 is 10.3 Å². The second kappa shape index (κ2) is 5.69. The zero-order valence-electron chi connectivity index (χ0n) is 10.2. The molecular weight excluding hydrogens is 273 g/mol. The minimum absolute atomic E-state index is 0. The molecule has 0 unspecified atom stereocenters. The van der Waals surface area contributed by atoms with Crippen LogP contribution in [-0.4, -0.2) is 10.1 Å². The molecule has 2 N–H and O–H groups in total. The molecule has 0 aliphatic heterocycles. The van der Waals surface area contributed by atoms with Crippen molar-refractivity contribution in [2.24, 2.45) is 5.73 Å². The van der Waals surface area contributed by atoms with E-state index < -0.39 is 5.54 Å². The zero-order chi connectivity index (χ0) is 12.5. The molecule has 0 atom stereocenters. The lowest BCUT2D eigenvalue weighted by Crippen LogP contribution is -2.29. The van der Waals surface area contributed by atoms with E-state index in [0.29, 0.717) is 23.2 Å². The van der Waals surface area contributed by atoms with Gasteiger partial charge in [0.25, 0.3) is 0 Å². The Morgan fingerprint density at radius 3 is 2.56 bits per heavy atom. The van der Waals surface area contributed by atoms with E-state index in [0.717, 1.165) is 5.56 Å². The van der Waals surface area contributed by atoms with E-state index in [-0.39, 0.29) is 12.4 Å². The van der Waals surface area contributed by atoms with Gasteiger partial charge in [-0.25, -0.2) is 0 Å². The number of benzene rings is 1. The predicted octanol–water partition coefficient (Wildman–Crippen LogP) is 2.93. The van der Waals surface area contributed by atoms with Crippen LogP contribution in [0.4, 0.5) is 0 Å². The minimum Gasteiger partial charge on any atom is -0.337 e. The van der Waals surface area contributed by atoms with E-state index in [4.69, 9.17) is 21.9 Å². The number of nitrogens with two attached hydrogens (primary N) is 1. The Balaban J connectivity index is 0.00000162. The Morgan fingerprint density at radius 2 is 2.00 bits per heavy atom. The van der Waals surface area contributed by atoms with Crippen LogP contribution >= 0.6 is 24.0 Å². The van der Waals surface area contributed by atoms with Gasteiger partial charge in [0.1, 0.15) is 0 Å². The van der Waals surface area contributed by atoms with E-state index in [1.54, 1.807) is 0 Å². The second-order valence-corrected chi connectivity index (χ2v) is 4.91. The van der Waals surface area contributed by atoms with Gasteiger partial charge in [-0.05, 0) is 25.5 Å². The maximum absolute atomic E-state index is 6.06. The van der Waals surface area contributed by atoms with E-state index in [2.05, 4.69) is 10.1 Å². The van der Waals surface area contributed by atoms with Crippen LogP contribution in [0.5, 0.6) is 0 Å². The van der Waals surface area contributed by atoms with Crippen LogP contribution < -0.4 is 5.73 Å². The summed E-state index contributed by atoms with van der Waals surface area (Å²) in [7, 11) is 0. The fraction of sp³-hybridized carbons (Fsp3) is 0.333. The molecule has 1 aromatic carbocycles.